The van der Waals surface area contributed by atoms with Crippen LogP contribution in [-0.2, 0) is 4.57 Å². The van der Waals surface area contributed by atoms with Gasteiger partial charge in [-0.05, 0) is 49.6 Å². The lowest BCUT2D eigenvalue weighted by molar-refractivity contribution is 0.103. The molecular formula is C26H26O6P. The van der Waals surface area contributed by atoms with Crippen LogP contribution < -0.4 is 19.5 Å². The molecule has 7 heteroatoms. The van der Waals surface area contributed by atoms with Crippen LogP contribution in [0.15, 0.2) is 48.5 Å². The molecule has 6 nitrogen and oxygen atoms in total. The molecule has 0 aromatic heterocycles. The van der Waals surface area contributed by atoms with Crippen LogP contribution in [0.25, 0.3) is 0 Å². The lowest BCUT2D eigenvalue weighted by Crippen LogP contribution is -2.18. The van der Waals surface area contributed by atoms with Gasteiger partial charge in [-0.2, -0.15) is 0 Å². The number of hydrogen-bond donors (Lipinski definition) is 0. The highest BCUT2D eigenvalue weighted by Gasteiger charge is 2.30. The van der Waals surface area contributed by atoms with E-state index < -0.39 is 13.3 Å². The van der Waals surface area contributed by atoms with E-state index in [0.29, 0.717) is 11.3 Å². The topological polar surface area (TPSA) is 78.9 Å². The molecule has 3 aromatic carbocycles. The zero-order valence-electron chi connectivity index (χ0n) is 19.5. The summed E-state index contributed by atoms with van der Waals surface area (Å²) in [6.45, 7) is 5.68. The van der Waals surface area contributed by atoms with E-state index in [1.165, 1.54) is 33.5 Å². The van der Waals surface area contributed by atoms with Gasteiger partial charge in [0.15, 0.2) is 13.6 Å². The van der Waals surface area contributed by atoms with Gasteiger partial charge in [0.2, 0.25) is 0 Å². The van der Waals surface area contributed by atoms with Crippen LogP contribution in [-0.4, -0.2) is 32.6 Å². The molecule has 1 atom stereocenters. The van der Waals surface area contributed by atoms with Crippen LogP contribution in [0.2, 0.25) is 0 Å². The summed E-state index contributed by atoms with van der Waals surface area (Å²) < 4.78 is 29.5. The van der Waals surface area contributed by atoms with Gasteiger partial charge in [-0.1, -0.05) is 24.3 Å². The second kappa shape index (κ2) is 9.97. The molecular weight excluding hydrogens is 439 g/mol. The van der Waals surface area contributed by atoms with Crippen molar-refractivity contribution in [1.82, 2.24) is 0 Å². The van der Waals surface area contributed by atoms with Gasteiger partial charge in [-0.3, -0.25) is 14.2 Å². The van der Waals surface area contributed by atoms with Crippen LogP contribution in [0.3, 0.4) is 0 Å². The van der Waals surface area contributed by atoms with Crippen molar-refractivity contribution in [1.29, 1.82) is 0 Å². The normalized spacial score (nSPS) is 11.0. The Hall–Kier alpha value is -3.50. The molecule has 1 unspecified atom stereocenters. The number of rotatable bonds is 8. The average Bonchev–Trinajstić information content (AvgIpc) is 2.84. The molecule has 0 spiro atoms. The van der Waals surface area contributed by atoms with Crippen LogP contribution in [0, 0.1) is 20.8 Å². The molecule has 0 aliphatic rings. The van der Waals surface area contributed by atoms with Gasteiger partial charge in [-0.25, -0.2) is 0 Å². The Bertz CT molecular complexity index is 1240. The SMILES string of the molecule is COc1cc(OC)c(C(=O)[P](=O)c2ccccc2C(=O)c2c(C)ccc(C)c2C)c(OC)c1. The van der Waals surface area contributed by atoms with E-state index >= 15 is 0 Å². The highest BCUT2D eigenvalue weighted by molar-refractivity contribution is 7.71. The predicted molar refractivity (Wildman–Crippen MR) is 128 cm³/mol. The highest BCUT2D eigenvalue weighted by atomic mass is 31.1. The Morgan fingerprint density at radius 1 is 0.758 bits per heavy atom. The molecule has 0 aliphatic heterocycles. The number of hydrogen-bond acceptors (Lipinski definition) is 6. The van der Waals surface area contributed by atoms with E-state index in [1.54, 1.807) is 24.3 Å². The third-order valence-electron chi connectivity index (χ3n) is 5.65. The third-order valence-corrected chi connectivity index (χ3v) is 7.07. The summed E-state index contributed by atoms with van der Waals surface area (Å²) in [7, 11) is 1.63. The van der Waals surface area contributed by atoms with Crippen molar-refractivity contribution in [2.24, 2.45) is 0 Å². The lowest BCUT2D eigenvalue weighted by Gasteiger charge is -2.15. The Labute approximate surface area is 194 Å². The smallest absolute Gasteiger partial charge is 0.254 e. The maximum Gasteiger partial charge on any atom is 0.254 e. The zero-order chi connectivity index (χ0) is 24.3. The highest BCUT2D eigenvalue weighted by Crippen LogP contribution is 2.40. The number of carbonyl (C=O) groups excluding carboxylic acids is 2. The molecule has 33 heavy (non-hydrogen) atoms. The second-order valence-electron chi connectivity index (χ2n) is 7.55. The first-order chi connectivity index (χ1) is 15.7. The van der Waals surface area contributed by atoms with Crippen molar-refractivity contribution in [3.05, 3.63) is 81.9 Å². The zero-order valence-corrected chi connectivity index (χ0v) is 20.4. The number of ketones is 1. The van der Waals surface area contributed by atoms with Gasteiger partial charge in [0, 0.05) is 23.3 Å². The summed E-state index contributed by atoms with van der Waals surface area (Å²) in [4.78, 5) is 27.0. The fourth-order valence-electron chi connectivity index (χ4n) is 3.71. The maximum atomic E-state index is 13.5. The fraction of sp³-hybridized carbons (Fsp3) is 0.231. The van der Waals surface area contributed by atoms with Crippen molar-refractivity contribution in [3.63, 3.8) is 0 Å². The molecule has 171 valence electrons. The van der Waals surface area contributed by atoms with E-state index in [4.69, 9.17) is 14.2 Å². The molecule has 0 fully saturated rings. The first-order valence-electron chi connectivity index (χ1n) is 10.3. The van der Waals surface area contributed by atoms with Gasteiger partial charge in [0.1, 0.15) is 22.8 Å². The van der Waals surface area contributed by atoms with Crippen LogP contribution in [0.1, 0.15) is 43.0 Å². The van der Waals surface area contributed by atoms with Gasteiger partial charge in [0.25, 0.3) is 5.52 Å². The molecule has 0 saturated carbocycles. The number of ether oxygens (including phenoxy) is 3. The maximum absolute atomic E-state index is 13.5. The van der Waals surface area contributed by atoms with Gasteiger partial charge in [-0.15, -0.1) is 0 Å². The predicted octanol–water partition coefficient (Wildman–Crippen LogP) is 5.16. The molecule has 3 rings (SSSR count). The molecule has 0 aliphatic carbocycles. The number of carbonyl (C=O) groups is 2. The van der Waals surface area contributed by atoms with Crippen molar-refractivity contribution in [2.45, 2.75) is 20.8 Å². The van der Waals surface area contributed by atoms with Crippen LogP contribution in [0.5, 0.6) is 17.2 Å². The number of benzene rings is 3. The van der Waals surface area contributed by atoms with E-state index in [0.717, 1.165) is 16.7 Å². The summed E-state index contributed by atoms with van der Waals surface area (Å²) in [6, 6.07) is 13.4. The third kappa shape index (κ3) is 4.53. The minimum absolute atomic E-state index is 0.0343. The molecule has 0 N–H and O–H groups in total. The first kappa shape index (κ1) is 24.1. The summed E-state index contributed by atoms with van der Waals surface area (Å²) in [5.41, 5.74) is 2.78. The molecule has 3 aromatic rings. The van der Waals surface area contributed by atoms with E-state index in [9.17, 15) is 14.2 Å². The minimum Gasteiger partial charge on any atom is -0.496 e. The summed E-state index contributed by atoms with van der Waals surface area (Å²) >= 11 is 0. The summed E-state index contributed by atoms with van der Waals surface area (Å²) in [5.74, 6) is 0.507. The molecule has 0 bridgehead atoms. The van der Waals surface area contributed by atoms with Crippen molar-refractivity contribution < 1.29 is 28.4 Å². The van der Waals surface area contributed by atoms with Gasteiger partial charge in [0.05, 0.1) is 26.6 Å². The molecule has 1 radical (unpaired) electrons. The summed E-state index contributed by atoms with van der Waals surface area (Å²) in [6.07, 6.45) is 0. The van der Waals surface area contributed by atoms with E-state index in [1.807, 2.05) is 32.9 Å². The Balaban J connectivity index is 2.13. The minimum atomic E-state index is -2.65. The Morgan fingerprint density at radius 2 is 1.33 bits per heavy atom. The monoisotopic (exact) mass is 465 g/mol. The van der Waals surface area contributed by atoms with Crippen molar-refractivity contribution in [2.75, 3.05) is 21.3 Å². The van der Waals surface area contributed by atoms with Crippen molar-refractivity contribution in [3.8, 4) is 17.2 Å². The quantitative estimate of drug-likeness (QED) is 0.338. The lowest BCUT2D eigenvalue weighted by atomic mass is 9.92. The van der Waals surface area contributed by atoms with Crippen molar-refractivity contribution >= 4 is 24.4 Å². The first-order valence-corrected chi connectivity index (χ1v) is 11.5. The molecule has 0 saturated heterocycles. The average molecular weight is 465 g/mol. The fourth-order valence-corrected chi connectivity index (χ4v) is 4.96. The van der Waals surface area contributed by atoms with E-state index in [-0.39, 0.29) is 33.7 Å². The van der Waals surface area contributed by atoms with Crippen LogP contribution in [0.4, 0.5) is 0 Å². The standard InChI is InChI=1S/C26H26O6P/c1-15-11-12-16(2)23(17(15)3)25(27)19-9-7-8-10-22(19)33(29)26(28)24-20(31-5)13-18(30-4)14-21(24)32-6/h7-14H,1-6H3. The number of aryl methyl sites for hydroxylation is 2. The van der Waals surface area contributed by atoms with Gasteiger partial charge >= 0.3 is 0 Å². The summed E-state index contributed by atoms with van der Waals surface area (Å²) in [5, 5.41) is 0.169. The van der Waals surface area contributed by atoms with E-state index in [2.05, 4.69) is 0 Å². The van der Waals surface area contributed by atoms with Crippen LogP contribution >= 0.6 is 7.80 Å². The Kier molecular flexibility index (Phi) is 7.29. The largest absolute Gasteiger partial charge is 0.496 e. The molecule has 0 heterocycles. The Morgan fingerprint density at radius 3 is 1.91 bits per heavy atom. The van der Waals surface area contributed by atoms with Gasteiger partial charge < -0.3 is 14.2 Å². The second-order valence-corrected chi connectivity index (χ2v) is 9.03. The number of methoxy groups -OCH3 is 3. The molecule has 0 amide bonds.